The average Bonchev–Trinajstić information content (AvgIpc) is 1.53. The van der Waals surface area contributed by atoms with Crippen LogP contribution in [0.5, 0.6) is 0 Å². The van der Waals surface area contributed by atoms with Gasteiger partial charge in [-0.2, -0.15) is 0 Å². The van der Waals surface area contributed by atoms with Gasteiger partial charge in [0.1, 0.15) is 24.2 Å². The van der Waals surface area contributed by atoms with Gasteiger partial charge in [-0.15, -0.1) is 11.3 Å². The molecule has 0 radical (unpaired) electrons. The Labute approximate surface area is 844 Å². The molecule has 19 heterocycles. The van der Waals surface area contributed by atoms with Gasteiger partial charge >= 0.3 is 35.8 Å². The van der Waals surface area contributed by atoms with E-state index in [0.29, 0.717) is 66.1 Å². The molecule has 29 rings (SSSR count). The molecular formula is C115H112ClIN10O12S. The van der Waals surface area contributed by atoms with Gasteiger partial charge in [-0.1, -0.05) is 175 Å². The first-order valence-electron chi connectivity index (χ1n) is 50.3. The minimum absolute atomic E-state index is 0. The number of ether oxygens (including phenoxy) is 6. The number of fused-ring (bicyclic) bond motifs is 18. The molecule has 12 fully saturated rings. The second kappa shape index (κ2) is 37.1. The van der Waals surface area contributed by atoms with Crippen LogP contribution >= 0.6 is 11.3 Å². The molecule has 6 aliphatic carbocycles. The van der Waals surface area contributed by atoms with E-state index in [1.54, 1.807) is 64.8 Å². The molecule has 4 aromatic carbocycles. The van der Waals surface area contributed by atoms with E-state index in [2.05, 4.69) is 181 Å². The summed E-state index contributed by atoms with van der Waals surface area (Å²) in [5, 5.41) is 5.60. The van der Waals surface area contributed by atoms with Crippen LogP contribution in [0.1, 0.15) is 176 Å². The molecule has 20 atom stereocenters. The number of halogens is 2. The number of azide groups is 1. The Balaban J connectivity index is 0.0000000974. The third kappa shape index (κ3) is 15.9. The average molecular weight is 2020 g/mol. The van der Waals surface area contributed by atoms with Gasteiger partial charge < -0.3 is 79.9 Å². The van der Waals surface area contributed by atoms with E-state index in [9.17, 15) is 28.8 Å². The van der Waals surface area contributed by atoms with E-state index in [-0.39, 0.29) is 95.5 Å². The van der Waals surface area contributed by atoms with E-state index in [0.717, 1.165) is 178 Å². The largest absolute Gasteiger partial charge is 1.00 e. The lowest BCUT2D eigenvalue weighted by Crippen LogP contribution is -3.18. The lowest BCUT2D eigenvalue weighted by molar-refractivity contribution is -0.944. The number of nitrogen functional groups attached to an aromatic ring is 1. The summed E-state index contributed by atoms with van der Waals surface area (Å²) in [6.07, 6.45) is 55.1. The van der Waals surface area contributed by atoms with Crippen LogP contribution in [-0.4, -0.2) is 212 Å². The van der Waals surface area contributed by atoms with Crippen LogP contribution in [0.3, 0.4) is 0 Å². The van der Waals surface area contributed by atoms with Crippen molar-refractivity contribution >= 4 is 58.5 Å². The molecule has 0 amide bonds. The zero-order chi connectivity index (χ0) is 93.4. The molecule has 714 valence electrons. The summed E-state index contributed by atoms with van der Waals surface area (Å²) in [7, 11) is 2.35. The number of carbonyl (C=O) groups is 6. The number of carbonyl (C=O) groups excluding carboxylic acids is 6. The fraction of sp³-hybridized carbons (Fsp3) is 0.426. The van der Waals surface area contributed by atoms with Gasteiger partial charge in [0, 0.05) is 188 Å². The molecule has 25 heteroatoms. The van der Waals surface area contributed by atoms with Crippen LogP contribution in [0.15, 0.2) is 267 Å². The Bertz CT molecular complexity index is 6720. The third-order valence-electron chi connectivity index (χ3n) is 34.7. The monoisotopic (exact) mass is 2020 g/mol. The van der Waals surface area contributed by atoms with Gasteiger partial charge in [-0.25, -0.2) is 28.8 Å². The summed E-state index contributed by atoms with van der Waals surface area (Å²) in [5.74, 6) is 25.1. The molecule has 12 saturated heterocycles. The molecule has 1 aromatic heterocycles. The summed E-state index contributed by atoms with van der Waals surface area (Å²) in [6.45, 7) is 6.79. The topological polar surface area (TPSA) is 250 Å². The molecule has 140 heavy (non-hydrogen) atoms. The lowest BCUT2D eigenvalue weighted by atomic mass is 9.77. The van der Waals surface area contributed by atoms with E-state index in [1.165, 1.54) is 114 Å². The first kappa shape index (κ1) is 93.4. The smallest absolute Gasteiger partial charge is 0.332 e. The van der Waals surface area contributed by atoms with Crippen LogP contribution < -0.4 is 47.0 Å². The van der Waals surface area contributed by atoms with Crippen LogP contribution in [0, 0.1) is 47.4 Å². The summed E-state index contributed by atoms with van der Waals surface area (Å²) in [4.78, 5) is 87.3. The number of thiophene rings is 1. The molecule has 2 unspecified atom stereocenters. The fourth-order valence-electron chi connectivity index (χ4n) is 29.0. The molecule has 0 saturated carbocycles. The van der Waals surface area contributed by atoms with Crippen molar-refractivity contribution in [2.75, 3.05) is 52.0 Å². The standard InChI is InChI=1S/C27H23NO2.C21H18N4O2.C21H20N2O2.C19H17NO2S.C14H18NO2.C13H15NO2.ClH.HI/c29-26-17-24-22(16-23-18-27(24,30-26)25-8-4-5-15-28(23)25)14-11-19-9-12-21(13-10-19)20-6-2-1-3-7-20;22-24-23-16-8-5-14(6-9-16)4-7-15-11-17-13-21(18(15)12-20(26)27-21)19-3-1-2-10-25(17)19;22-16-8-5-14(6-9-16)4-7-15-11-17-13-21(18(15)12-20(24)25-21)19-3-1-2-10-23(17)19;21-18-11-16-13(6-7-15-4-3-9-23-15)10-14-12-19(16,22-18)17-5-1-2-8-20(14)17;1-15-7-3-2-4-12(15)14-9-11(15)6-5-10(14)8-13(16)17-14;15-12-7-9-4-5-10-8-13(9,16-12)11-3-1-2-6-14(10)11;;/h1-3,6-7,9-10,12-13,16-17,23,25H,4-5,8,15,18H2;5-6,8-9,11-12,17,19H,1-3,10,13H2;5-6,8-9,11-12,17,19H,1-3,10,13,22H2;3-4,9-11,14,17H,1-2,5,8,12H2;5-6,8,11-12H,2-4,7,9H2,1H3;4-5,7,10-11H,1-3,6,8H2;2*1H/q;;;;+1;;;/p-1/t23-,25-,27+;2*17-,19-,21+;14-,17-,19+;11-,12-,14+,15?;10-,11-,13+;;/m111111../s1. The SMILES string of the molecule is C[N+]12CCCC[C@@H]1[C@]13C[C@H]2C=CC1=CC(=O)O3.Nc1ccc(C#CC2=C[C@@H]3C[C@@]4(OC(=O)C=C24)[C@H]2CCCCN32)cc1.O=C1C=C2C(C#Cc3ccc(-c4ccccc4)cc3)=C[C@@H]3C[C@@]2(O1)[C@H]1CCCCN31.O=C1C=C2C(C#Cc3cccs3)=C[C@@H]3C[C@@]2(O1)[C@H]1CCCCN31.O=C1C=C2C=C[C@@H]3C[C@@]2(O1)[C@H]1CCCC[NH+]31.[Cl-].[I-].[N-]=[N+]=Nc1ccc(C#CC2=C[C@@H]3C[C@@]4(OC(=O)C=C24)[C@H]2CCCCN32)cc1. The van der Waals surface area contributed by atoms with Crippen molar-refractivity contribution in [2.45, 2.75) is 260 Å². The molecule has 24 aliphatic rings. The van der Waals surface area contributed by atoms with Gasteiger partial charge in [0.25, 0.3) is 0 Å². The van der Waals surface area contributed by atoms with Gasteiger partial charge in [0.15, 0.2) is 33.6 Å². The second-order valence-corrected chi connectivity index (χ2v) is 42.7. The highest BCUT2D eigenvalue weighted by atomic mass is 127. The van der Waals surface area contributed by atoms with Crippen LogP contribution in [0.2, 0.25) is 0 Å². The number of hydrogen-bond donors (Lipinski definition) is 2. The maximum atomic E-state index is 12.3. The number of anilines is 1. The van der Waals surface area contributed by atoms with Crippen molar-refractivity contribution in [3.8, 4) is 58.5 Å². The molecular weight excluding hydrogens is 1910 g/mol. The second-order valence-electron chi connectivity index (χ2n) is 41.7. The van der Waals surface area contributed by atoms with E-state index >= 15 is 0 Å². The molecule has 12 bridgehead atoms. The Morgan fingerprint density at radius 3 is 1.30 bits per heavy atom. The number of nitrogens with one attached hydrogen (secondary N) is 1. The number of benzene rings is 4. The van der Waals surface area contributed by atoms with Gasteiger partial charge in [0.2, 0.25) is 0 Å². The predicted octanol–water partition coefficient (Wildman–Crippen LogP) is 9.11. The number of nitrogens with two attached hydrogens (primary N) is 1. The van der Waals surface area contributed by atoms with Gasteiger partial charge in [-0.3, -0.25) is 19.6 Å². The number of quaternary nitrogens is 2. The van der Waals surface area contributed by atoms with Crippen LogP contribution in [0.4, 0.5) is 11.4 Å². The zero-order valence-electron chi connectivity index (χ0n) is 78.5. The predicted molar refractivity (Wildman–Crippen MR) is 522 cm³/mol. The van der Waals surface area contributed by atoms with E-state index in [4.69, 9.17) is 39.7 Å². The first-order chi connectivity index (χ1) is 67.3. The molecule has 22 nitrogen and oxygen atoms in total. The molecule has 6 spiro atoms. The quantitative estimate of drug-likeness (QED) is 0.0192. The fourth-order valence-corrected chi connectivity index (χ4v) is 29.5. The Morgan fingerprint density at radius 1 is 0.429 bits per heavy atom. The third-order valence-corrected chi connectivity index (χ3v) is 35.5. The summed E-state index contributed by atoms with van der Waals surface area (Å²) in [5.41, 5.74) is 28.3. The highest BCUT2D eigenvalue weighted by Crippen LogP contribution is 2.60. The van der Waals surface area contributed by atoms with E-state index < -0.39 is 22.4 Å². The normalized spacial score (nSPS) is 35.4. The number of esters is 6. The Morgan fingerprint density at radius 2 is 0.836 bits per heavy atom. The van der Waals surface area contributed by atoms with Crippen LogP contribution in [0.25, 0.3) is 21.6 Å². The first-order valence-corrected chi connectivity index (χ1v) is 51.1. The molecule has 18 aliphatic heterocycles. The van der Waals surface area contributed by atoms with Crippen molar-refractivity contribution in [1.29, 1.82) is 0 Å². The summed E-state index contributed by atoms with van der Waals surface area (Å²) in [6, 6.07) is 42.1. The zero-order valence-corrected chi connectivity index (χ0v) is 82.2. The number of hydrogen-bond acceptors (Lipinski definition) is 19. The lowest BCUT2D eigenvalue weighted by Gasteiger charge is -2.44. The highest BCUT2D eigenvalue weighted by Gasteiger charge is 2.70. The van der Waals surface area contributed by atoms with Crippen molar-refractivity contribution in [3.05, 3.63) is 293 Å². The van der Waals surface area contributed by atoms with Crippen molar-refractivity contribution < 1.29 is 103 Å². The summed E-state index contributed by atoms with van der Waals surface area (Å²) < 4.78 is 36.3. The highest BCUT2D eigenvalue weighted by molar-refractivity contribution is 7.10. The number of likely N-dealkylation sites (N-methyl/N-ethyl adjacent to an activating group) is 1. The van der Waals surface area contributed by atoms with Crippen molar-refractivity contribution in [2.24, 2.45) is 5.11 Å². The molecule has 3 N–H and O–H groups in total. The molecule has 5 aromatic rings. The van der Waals surface area contributed by atoms with Crippen molar-refractivity contribution in [1.82, 2.24) is 19.6 Å². The maximum Gasteiger partial charge on any atom is 0.332 e. The Kier molecular flexibility index (Phi) is 24.7. The number of rotatable bonds is 2. The number of nitrogens with zero attached hydrogens (tertiary/aromatic N) is 8. The van der Waals surface area contributed by atoms with Gasteiger partial charge in [0.05, 0.1) is 62.0 Å². The minimum Gasteiger partial charge on any atom is -1.00 e. The number of piperidine rings is 6. The van der Waals surface area contributed by atoms with Crippen LogP contribution in [-0.2, 0) is 57.2 Å². The summed E-state index contributed by atoms with van der Waals surface area (Å²) >= 11 is 1.64. The maximum absolute atomic E-state index is 12.3. The van der Waals surface area contributed by atoms with Crippen molar-refractivity contribution in [3.63, 3.8) is 0 Å². The minimum atomic E-state index is -0.508. The Hall–Kier alpha value is -11.6. The van der Waals surface area contributed by atoms with Gasteiger partial charge in [-0.05, 0) is 192 Å². The van der Waals surface area contributed by atoms with E-state index in [1.807, 2.05) is 60.0 Å².